The first-order valence-corrected chi connectivity index (χ1v) is 10.9. The number of hydrogen-bond acceptors (Lipinski definition) is 4. The Hall–Kier alpha value is -3.18. The van der Waals surface area contributed by atoms with Crippen LogP contribution in [0.2, 0.25) is 0 Å². The van der Waals surface area contributed by atoms with Gasteiger partial charge in [0.2, 0.25) is 0 Å². The molecule has 0 saturated heterocycles. The van der Waals surface area contributed by atoms with Crippen LogP contribution in [-0.2, 0) is 6.42 Å². The van der Waals surface area contributed by atoms with Gasteiger partial charge in [0.1, 0.15) is 5.82 Å². The summed E-state index contributed by atoms with van der Waals surface area (Å²) in [6, 6.07) is 21.0. The predicted octanol–water partition coefficient (Wildman–Crippen LogP) is 4.97. The number of fused-ring (bicyclic) bond motifs is 1. The molecule has 0 bridgehead atoms. The molecule has 0 radical (unpaired) electrons. The van der Waals surface area contributed by atoms with E-state index in [9.17, 15) is 0 Å². The number of aromatic nitrogens is 3. The number of aryl methyl sites for hydroxylation is 2. The van der Waals surface area contributed by atoms with E-state index in [1.165, 1.54) is 11.1 Å². The van der Waals surface area contributed by atoms with Crippen LogP contribution in [-0.4, -0.2) is 46.7 Å². The van der Waals surface area contributed by atoms with E-state index in [0.29, 0.717) is 0 Å². The standard InChI is InChI=1S/C26H31N5/c1-19-23(18-21-12-7-5-8-13-21)25(27-16-11-17-30(3)4)31-26(28-19)24(20(2)29-31)22-14-9-6-10-15-22/h5-10,12-15,27H,11,16-18H2,1-4H3. The lowest BCUT2D eigenvalue weighted by molar-refractivity contribution is 0.405. The molecule has 2 aromatic heterocycles. The van der Waals surface area contributed by atoms with E-state index in [2.05, 4.69) is 92.8 Å². The minimum atomic E-state index is 0.825. The summed E-state index contributed by atoms with van der Waals surface area (Å²) in [6.45, 7) is 6.11. The lowest BCUT2D eigenvalue weighted by Crippen LogP contribution is -2.18. The third kappa shape index (κ3) is 4.62. The van der Waals surface area contributed by atoms with E-state index in [-0.39, 0.29) is 0 Å². The van der Waals surface area contributed by atoms with Gasteiger partial charge in [-0.05, 0) is 52.0 Å². The van der Waals surface area contributed by atoms with E-state index in [4.69, 9.17) is 10.1 Å². The van der Waals surface area contributed by atoms with Crippen LogP contribution < -0.4 is 5.32 Å². The Balaban J connectivity index is 1.82. The van der Waals surface area contributed by atoms with Crippen LogP contribution in [0.4, 0.5) is 5.82 Å². The van der Waals surface area contributed by atoms with Crippen LogP contribution in [0.15, 0.2) is 60.7 Å². The van der Waals surface area contributed by atoms with Gasteiger partial charge in [0.25, 0.3) is 0 Å². The van der Waals surface area contributed by atoms with Gasteiger partial charge in [-0.1, -0.05) is 60.7 Å². The number of nitrogens with one attached hydrogen (secondary N) is 1. The Morgan fingerprint density at radius 3 is 2.26 bits per heavy atom. The molecule has 0 unspecified atom stereocenters. The maximum atomic E-state index is 5.04. The average Bonchev–Trinajstić information content (AvgIpc) is 3.09. The summed E-state index contributed by atoms with van der Waals surface area (Å²) in [5.41, 5.74) is 7.67. The van der Waals surface area contributed by atoms with E-state index in [1.807, 2.05) is 10.6 Å². The van der Waals surface area contributed by atoms with Crippen LogP contribution in [0.3, 0.4) is 0 Å². The first kappa shape index (κ1) is 21.1. The monoisotopic (exact) mass is 413 g/mol. The summed E-state index contributed by atoms with van der Waals surface area (Å²) in [7, 11) is 4.22. The van der Waals surface area contributed by atoms with Crippen LogP contribution in [0.5, 0.6) is 0 Å². The van der Waals surface area contributed by atoms with Gasteiger partial charge in [-0.25, -0.2) is 4.98 Å². The minimum absolute atomic E-state index is 0.825. The Morgan fingerprint density at radius 1 is 0.903 bits per heavy atom. The molecule has 0 aliphatic carbocycles. The van der Waals surface area contributed by atoms with Gasteiger partial charge in [0, 0.05) is 29.8 Å². The summed E-state index contributed by atoms with van der Waals surface area (Å²) in [4.78, 5) is 7.25. The quantitative estimate of drug-likeness (QED) is 0.414. The third-order valence-electron chi connectivity index (χ3n) is 5.60. The lowest BCUT2D eigenvalue weighted by atomic mass is 10.0. The second-order valence-corrected chi connectivity index (χ2v) is 8.33. The largest absolute Gasteiger partial charge is 0.370 e. The zero-order chi connectivity index (χ0) is 21.8. The average molecular weight is 414 g/mol. The highest BCUT2D eigenvalue weighted by Gasteiger charge is 2.20. The molecule has 4 aromatic rings. The molecule has 160 valence electrons. The number of anilines is 1. The van der Waals surface area contributed by atoms with Crippen molar-refractivity contribution in [2.45, 2.75) is 26.7 Å². The fraction of sp³-hybridized carbons (Fsp3) is 0.308. The molecular formula is C26H31N5. The fourth-order valence-corrected chi connectivity index (χ4v) is 4.04. The summed E-state index contributed by atoms with van der Waals surface area (Å²) in [6.07, 6.45) is 1.89. The van der Waals surface area contributed by atoms with Crippen LogP contribution in [0.25, 0.3) is 16.8 Å². The molecule has 2 aromatic carbocycles. The Labute approximate surface area is 184 Å². The number of hydrogen-bond donors (Lipinski definition) is 1. The predicted molar refractivity (Wildman–Crippen MR) is 129 cm³/mol. The van der Waals surface area contributed by atoms with Crippen molar-refractivity contribution in [2.24, 2.45) is 0 Å². The Morgan fingerprint density at radius 2 is 1.58 bits per heavy atom. The molecule has 5 heteroatoms. The molecule has 4 rings (SSSR count). The molecular weight excluding hydrogens is 382 g/mol. The molecule has 0 aliphatic heterocycles. The van der Waals surface area contributed by atoms with Crippen molar-refractivity contribution in [3.63, 3.8) is 0 Å². The lowest BCUT2D eigenvalue weighted by Gasteiger charge is -2.17. The van der Waals surface area contributed by atoms with Crippen molar-refractivity contribution in [3.8, 4) is 11.1 Å². The van der Waals surface area contributed by atoms with Crippen LogP contribution in [0, 0.1) is 13.8 Å². The van der Waals surface area contributed by atoms with Crippen molar-refractivity contribution in [1.29, 1.82) is 0 Å². The SMILES string of the molecule is Cc1nc2c(-c3ccccc3)c(C)nn2c(NCCCN(C)C)c1Cc1ccccc1. The minimum Gasteiger partial charge on any atom is -0.370 e. The zero-order valence-electron chi connectivity index (χ0n) is 18.9. The molecule has 0 aliphatic rings. The molecule has 2 heterocycles. The first-order valence-electron chi connectivity index (χ1n) is 10.9. The molecule has 0 atom stereocenters. The summed E-state index contributed by atoms with van der Waals surface area (Å²) >= 11 is 0. The summed E-state index contributed by atoms with van der Waals surface area (Å²) in [5.74, 6) is 1.05. The fourth-order valence-electron chi connectivity index (χ4n) is 4.04. The van der Waals surface area contributed by atoms with Gasteiger partial charge < -0.3 is 10.2 Å². The van der Waals surface area contributed by atoms with Gasteiger partial charge in [-0.2, -0.15) is 9.61 Å². The molecule has 31 heavy (non-hydrogen) atoms. The molecule has 0 amide bonds. The van der Waals surface area contributed by atoms with E-state index < -0.39 is 0 Å². The topological polar surface area (TPSA) is 45.5 Å². The van der Waals surface area contributed by atoms with E-state index in [1.54, 1.807) is 0 Å². The molecule has 0 spiro atoms. The first-order chi connectivity index (χ1) is 15.0. The number of benzene rings is 2. The Kier molecular flexibility index (Phi) is 6.33. The van der Waals surface area contributed by atoms with Crippen LogP contribution >= 0.6 is 0 Å². The van der Waals surface area contributed by atoms with Crippen LogP contribution in [0.1, 0.15) is 28.9 Å². The highest BCUT2D eigenvalue weighted by molar-refractivity contribution is 5.81. The van der Waals surface area contributed by atoms with Gasteiger partial charge in [-0.15, -0.1) is 0 Å². The van der Waals surface area contributed by atoms with Crippen molar-refractivity contribution in [3.05, 3.63) is 83.2 Å². The van der Waals surface area contributed by atoms with Gasteiger partial charge in [0.15, 0.2) is 5.65 Å². The molecule has 0 saturated carbocycles. The number of nitrogens with zero attached hydrogens (tertiary/aromatic N) is 4. The van der Waals surface area contributed by atoms with Gasteiger partial charge >= 0.3 is 0 Å². The molecule has 5 nitrogen and oxygen atoms in total. The van der Waals surface area contributed by atoms with Gasteiger partial charge in [-0.3, -0.25) is 0 Å². The number of rotatable bonds is 8. The van der Waals surface area contributed by atoms with Crippen molar-refractivity contribution in [2.75, 3.05) is 32.5 Å². The summed E-state index contributed by atoms with van der Waals surface area (Å²) in [5, 5.41) is 8.63. The van der Waals surface area contributed by atoms with Crippen molar-refractivity contribution < 1.29 is 0 Å². The highest BCUT2D eigenvalue weighted by Crippen LogP contribution is 2.31. The normalized spacial score (nSPS) is 11.4. The Bertz CT molecular complexity index is 1150. The third-order valence-corrected chi connectivity index (χ3v) is 5.60. The summed E-state index contributed by atoms with van der Waals surface area (Å²) < 4.78 is 2.01. The second kappa shape index (κ2) is 9.31. The van der Waals surface area contributed by atoms with Gasteiger partial charge in [0.05, 0.1) is 5.69 Å². The highest BCUT2D eigenvalue weighted by atomic mass is 15.3. The maximum absolute atomic E-state index is 5.04. The van der Waals surface area contributed by atoms with E-state index in [0.717, 1.165) is 59.9 Å². The zero-order valence-corrected chi connectivity index (χ0v) is 18.9. The maximum Gasteiger partial charge on any atom is 0.165 e. The van der Waals surface area contributed by atoms with Crippen molar-refractivity contribution >= 4 is 11.5 Å². The molecule has 1 N–H and O–H groups in total. The van der Waals surface area contributed by atoms with Crippen molar-refractivity contribution in [1.82, 2.24) is 19.5 Å². The van der Waals surface area contributed by atoms with E-state index >= 15 is 0 Å². The smallest absolute Gasteiger partial charge is 0.165 e. The molecule has 0 fully saturated rings. The second-order valence-electron chi connectivity index (χ2n) is 8.33.